The second kappa shape index (κ2) is 25.1. The third-order valence-electron chi connectivity index (χ3n) is 11.7. The Hall–Kier alpha value is -6.41. The molecule has 4 rings (SSSR count). The van der Waals surface area contributed by atoms with E-state index in [1.54, 1.807) is 0 Å². The molecule has 0 saturated carbocycles. The molecular formula is C44H66N10O17. The normalized spacial score (nSPS) is 28.5. The SMILES string of the molecule is [C-]#[N+]C[C@@H](O)[C@@H]1NC(=O)[C@H]([C@H](O)Cc2ccc(O)c(OCCNC(=O)CN)c2)NC(=O)[C@@H]2C[C@@H](O)CN2C(=O)[C@H]([C@@H](C)O)NC(=O)[C@@H](NC(=O)OC(C)(C)C)C[C@@H](O)CNC(=O)[C@@H]2[C@@H](O)[C@@H](C)CN2C1=O. The number of nitrogens with two attached hydrogens (primary N) is 1. The Labute approximate surface area is 408 Å². The van der Waals surface area contributed by atoms with E-state index in [4.69, 9.17) is 21.8 Å². The summed E-state index contributed by atoms with van der Waals surface area (Å²) in [7, 11) is 0. The lowest BCUT2D eigenvalue weighted by Crippen LogP contribution is -2.64. The van der Waals surface area contributed by atoms with Crippen LogP contribution in [0.2, 0.25) is 0 Å². The number of amides is 8. The number of phenolic OH excluding ortho intramolecular Hbond substituents is 1. The molecule has 3 heterocycles. The van der Waals surface area contributed by atoms with Crippen LogP contribution in [-0.2, 0) is 44.7 Å². The van der Waals surface area contributed by atoms with Gasteiger partial charge in [-0.05, 0) is 45.4 Å². The molecule has 3 aliphatic rings. The number of hydrogen-bond acceptors (Lipinski definition) is 18. The van der Waals surface area contributed by atoms with Gasteiger partial charge < -0.3 is 97.5 Å². The molecule has 0 spiro atoms. The number of aliphatic hydroxyl groups excluding tert-OH is 6. The molecule has 0 aromatic heterocycles. The van der Waals surface area contributed by atoms with Crippen molar-refractivity contribution in [2.24, 2.45) is 11.7 Å². The van der Waals surface area contributed by atoms with Crippen LogP contribution < -0.4 is 42.4 Å². The van der Waals surface area contributed by atoms with Crippen LogP contribution in [0.25, 0.3) is 4.85 Å². The number of carbonyl (C=O) groups excluding carboxylic acids is 8. The van der Waals surface area contributed by atoms with Crippen LogP contribution >= 0.6 is 0 Å². The second-order valence-electron chi connectivity index (χ2n) is 18.7. The molecule has 27 nitrogen and oxygen atoms in total. The molecule has 27 heteroatoms. The molecule has 15 N–H and O–H groups in total. The van der Waals surface area contributed by atoms with Crippen LogP contribution in [-0.4, -0.2) is 217 Å². The first-order chi connectivity index (χ1) is 33.3. The minimum Gasteiger partial charge on any atom is -0.504 e. The zero-order chi connectivity index (χ0) is 53.1. The summed E-state index contributed by atoms with van der Waals surface area (Å²) in [5.41, 5.74) is 4.40. The number of β-amino-alcohol motifs (C(OH)–C–C–N with tert-alkyl or cyclic N) is 1. The molecule has 0 bridgehead atoms. The summed E-state index contributed by atoms with van der Waals surface area (Å²) in [6.07, 6.45) is -13.1. The summed E-state index contributed by atoms with van der Waals surface area (Å²) >= 11 is 0. The predicted octanol–water partition coefficient (Wildman–Crippen LogP) is -6.19. The first kappa shape index (κ1) is 57.2. The number of hydrogen-bond donors (Lipinski definition) is 14. The average molecular weight is 1010 g/mol. The van der Waals surface area contributed by atoms with E-state index in [-0.39, 0.29) is 43.3 Å². The Morgan fingerprint density at radius 1 is 0.887 bits per heavy atom. The fourth-order valence-corrected chi connectivity index (χ4v) is 8.15. The monoisotopic (exact) mass is 1010 g/mol. The van der Waals surface area contributed by atoms with Gasteiger partial charge in [0, 0.05) is 44.8 Å². The summed E-state index contributed by atoms with van der Waals surface area (Å²) in [5.74, 6) is -8.83. The van der Waals surface area contributed by atoms with E-state index in [2.05, 4.69) is 36.7 Å². The number of carbonyl (C=O) groups is 8. The number of ether oxygens (including phenoxy) is 2. The highest BCUT2D eigenvalue weighted by atomic mass is 16.6. The maximum atomic E-state index is 14.5. The fraction of sp³-hybridized carbons (Fsp3) is 0.659. The molecule has 71 heavy (non-hydrogen) atoms. The molecule has 3 saturated heterocycles. The minimum absolute atomic E-state index is 0.00870. The van der Waals surface area contributed by atoms with Crippen LogP contribution in [0, 0.1) is 12.5 Å². The number of aliphatic hydroxyl groups is 6. The summed E-state index contributed by atoms with van der Waals surface area (Å²) in [6.45, 7) is 11.8. The van der Waals surface area contributed by atoms with Gasteiger partial charge in [0.1, 0.15) is 48.5 Å². The first-order valence-electron chi connectivity index (χ1n) is 22.9. The summed E-state index contributed by atoms with van der Waals surface area (Å²) < 4.78 is 10.9. The van der Waals surface area contributed by atoms with Crippen LogP contribution in [0.3, 0.4) is 0 Å². The van der Waals surface area contributed by atoms with Crippen molar-refractivity contribution in [3.63, 3.8) is 0 Å². The lowest BCUT2D eigenvalue weighted by Gasteiger charge is -2.33. The van der Waals surface area contributed by atoms with Gasteiger partial charge in [-0.1, -0.05) is 13.0 Å². The number of benzene rings is 1. The van der Waals surface area contributed by atoms with Crippen molar-refractivity contribution in [3.05, 3.63) is 35.2 Å². The first-order valence-corrected chi connectivity index (χ1v) is 22.9. The lowest BCUT2D eigenvalue weighted by molar-refractivity contribution is -0.147. The maximum Gasteiger partial charge on any atom is 0.408 e. The van der Waals surface area contributed by atoms with E-state index >= 15 is 0 Å². The van der Waals surface area contributed by atoms with Crippen molar-refractivity contribution in [2.45, 2.75) is 132 Å². The zero-order valence-electron chi connectivity index (χ0n) is 39.9. The van der Waals surface area contributed by atoms with Crippen molar-refractivity contribution in [1.82, 2.24) is 41.7 Å². The highest BCUT2D eigenvalue weighted by Crippen LogP contribution is 2.29. The van der Waals surface area contributed by atoms with E-state index in [0.29, 0.717) is 0 Å². The van der Waals surface area contributed by atoms with Gasteiger partial charge in [0.05, 0.1) is 43.6 Å². The Balaban J connectivity index is 1.81. The van der Waals surface area contributed by atoms with Gasteiger partial charge in [0.2, 0.25) is 47.9 Å². The molecular weight excluding hydrogens is 941 g/mol. The summed E-state index contributed by atoms with van der Waals surface area (Å²) in [6, 6.07) is -7.43. The van der Waals surface area contributed by atoms with Crippen LogP contribution in [0.15, 0.2) is 18.2 Å². The zero-order valence-corrected chi connectivity index (χ0v) is 39.9. The number of nitrogens with zero attached hydrogens (tertiary/aromatic N) is 3. The summed E-state index contributed by atoms with van der Waals surface area (Å²) in [4.78, 5) is 115. The van der Waals surface area contributed by atoms with Gasteiger partial charge in [-0.15, -0.1) is 0 Å². The van der Waals surface area contributed by atoms with Crippen molar-refractivity contribution in [1.29, 1.82) is 0 Å². The van der Waals surface area contributed by atoms with Crippen LogP contribution in [0.4, 0.5) is 4.79 Å². The van der Waals surface area contributed by atoms with Gasteiger partial charge in [-0.3, -0.25) is 33.6 Å². The van der Waals surface area contributed by atoms with Crippen molar-refractivity contribution in [2.75, 3.05) is 45.9 Å². The molecule has 0 radical (unpaired) electrons. The fourth-order valence-electron chi connectivity index (χ4n) is 8.15. The Morgan fingerprint density at radius 2 is 1.54 bits per heavy atom. The van der Waals surface area contributed by atoms with Crippen molar-refractivity contribution >= 4 is 47.4 Å². The van der Waals surface area contributed by atoms with E-state index < -0.39 is 171 Å². The van der Waals surface area contributed by atoms with Gasteiger partial charge in [-0.2, -0.15) is 0 Å². The Bertz CT molecular complexity index is 2150. The molecule has 0 unspecified atom stereocenters. The number of fused-ring (bicyclic) bond motifs is 2. The second-order valence-corrected chi connectivity index (χ2v) is 18.7. The van der Waals surface area contributed by atoms with Gasteiger partial charge in [0.15, 0.2) is 17.6 Å². The molecule has 1 aromatic carbocycles. The molecule has 394 valence electrons. The topological polar surface area (TPSA) is 406 Å². The van der Waals surface area contributed by atoms with E-state index in [1.807, 2.05) is 0 Å². The smallest absolute Gasteiger partial charge is 0.408 e. The third kappa shape index (κ3) is 15.5. The van der Waals surface area contributed by atoms with Crippen molar-refractivity contribution < 1.29 is 83.6 Å². The molecule has 0 aliphatic carbocycles. The molecule has 13 atom stereocenters. The number of phenols is 1. The van der Waals surface area contributed by atoms with E-state index in [9.17, 15) is 74.1 Å². The van der Waals surface area contributed by atoms with E-state index in [1.165, 1.54) is 45.9 Å². The molecule has 1 aromatic rings. The molecule has 8 amide bonds. The van der Waals surface area contributed by atoms with Crippen molar-refractivity contribution in [3.8, 4) is 11.5 Å². The standard InChI is InChI=1S/C44H66N10O17/c1-20-18-54-35(36(20)62)40(66)48-16-23(56)13-25(49-43(69)71-44(3,4)5)37(63)50-32(21(2)55)41(67)53-19-24(57)14-26(53)38(64)51-33(39(65)52-34(42(54)68)29(60)17-46-6)28(59)11-22-7-8-27(58)30(12-22)70-10-9-47-31(61)15-45/h7-8,12,20-21,23-26,28-29,32-36,55-60,62H,9-11,13-19,45H2,1-5H3,(H,47,61)(H,48,66)(H,49,69)(H,50,63)(H,51,64)(H,52,65)/t20-,21+,23+,24+,25-,26-,28+,29+,32-,33-,34-,35-,36-/m0/s1. The van der Waals surface area contributed by atoms with E-state index in [0.717, 1.165) is 16.7 Å². The van der Waals surface area contributed by atoms with Gasteiger partial charge in [-0.25, -0.2) is 11.4 Å². The predicted molar refractivity (Wildman–Crippen MR) is 244 cm³/mol. The number of rotatable bonds is 12. The van der Waals surface area contributed by atoms with Gasteiger partial charge in [0.25, 0.3) is 0 Å². The lowest BCUT2D eigenvalue weighted by atomic mass is 9.99. The number of aromatic hydroxyl groups is 1. The Morgan fingerprint density at radius 3 is 2.17 bits per heavy atom. The quantitative estimate of drug-likeness (QED) is 0.0684. The molecule has 3 fully saturated rings. The van der Waals surface area contributed by atoms with Crippen LogP contribution in [0.5, 0.6) is 11.5 Å². The highest BCUT2D eigenvalue weighted by Gasteiger charge is 2.50. The third-order valence-corrected chi connectivity index (χ3v) is 11.7. The highest BCUT2D eigenvalue weighted by molar-refractivity contribution is 5.98. The Kier molecular flexibility index (Phi) is 20.2. The van der Waals surface area contributed by atoms with Crippen LogP contribution in [0.1, 0.15) is 53.0 Å². The average Bonchev–Trinajstić information content (AvgIpc) is 3.83. The number of alkyl carbamates (subject to hydrolysis) is 1. The van der Waals surface area contributed by atoms with Gasteiger partial charge >= 0.3 is 6.09 Å². The largest absolute Gasteiger partial charge is 0.504 e. The minimum atomic E-state index is -2.11. The number of nitrogens with one attached hydrogen (secondary N) is 6. The molecule has 3 aliphatic heterocycles. The summed E-state index contributed by atoms with van der Waals surface area (Å²) in [5, 5.41) is 91.7. The maximum absolute atomic E-state index is 14.5.